The Bertz CT molecular complexity index is 1220. The van der Waals surface area contributed by atoms with Crippen molar-refractivity contribution in [1.82, 2.24) is 8.61 Å². The molecule has 3 heterocycles. The molecule has 13 heteroatoms. The second kappa shape index (κ2) is 10.3. The van der Waals surface area contributed by atoms with Crippen molar-refractivity contribution < 1.29 is 31.1 Å². The van der Waals surface area contributed by atoms with Crippen molar-refractivity contribution in [3.63, 3.8) is 0 Å². The molecule has 2 fully saturated rings. The molecule has 1 amide bonds. The van der Waals surface area contributed by atoms with Crippen molar-refractivity contribution in [2.75, 3.05) is 51.8 Å². The number of rotatable bonds is 7. The number of hydrogen-bond acceptors (Lipinski definition) is 8. The zero-order valence-electron chi connectivity index (χ0n) is 18.7. The van der Waals surface area contributed by atoms with E-state index in [2.05, 4.69) is 5.32 Å². The molecular formula is C21H27N3O7S3. The number of carbonyl (C=O) groups is 1. The van der Waals surface area contributed by atoms with Crippen LogP contribution in [-0.4, -0.2) is 77.9 Å². The van der Waals surface area contributed by atoms with Gasteiger partial charge in [0.2, 0.25) is 15.9 Å². The van der Waals surface area contributed by atoms with E-state index in [0.717, 1.165) is 11.3 Å². The Morgan fingerprint density at radius 2 is 1.85 bits per heavy atom. The minimum atomic E-state index is -3.85. The summed E-state index contributed by atoms with van der Waals surface area (Å²) in [5, 5.41) is 4.47. The maximum Gasteiger partial charge on any atom is 0.252 e. The van der Waals surface area contributed by atoms with Crippen LogP contribution >= 0.6 is 11.3 Å². The third kappa shape index (κ3) is 5.14. The lowest BCUT2D eigenvalue weighted by atomic mass is 9.98. The van der Waals surface area contributed by atoms with Crippen molar-refractivity contribution in [3.8, 4) is 5.75 Å². The number of sulfonamides is 2. The maximum atomic E-state index is 13.2. The zero-order chi connectivity index (χ0) is 24.3. The predicted molar refractivity (Wildman–Crippen MR) is 127 cm³/mol. The standard InChI is InChI=1S/C21H27N3O7S3/c1-30-18-7-6-17(14-19(18)33(26,27)23-9-11-31-12-10-23)22-21(25)16-4-2-8-24(15-16)34(28,29)20-5-3-13-32-20/h3,5-7,13-14,16H,2,4,8-12,15H2,1H3,(H,22,25)/t16-/m0/s1. The molecule has 1 atom stereocenters. The van der Waals surface area contributed by atoms with Gasteiger partial charge in [-0.05, 0) is 42.5 Å². The summed E-state index contributed by atoms with van der Waals surface area (Å²) >= 11 is 1.14. The van der Waals surface area contributed by atoms with Crippen LogP contribution in [-0.2, 0) is 29.6 Å². The van der Waals surface area contributed by atoms with E-state index in [-0.39, 0.29) is 40.4 Å². The average molecular weight is 530 g/mol. The Morgan fingerprint density at radius 3 is 2.53 bits per heavy atom. The summed E-state index contributed by atoms with van der Waals surface area (Å²) in [5.41, 5.74) is 0.302. The number of piperidine rings is 1. The van der Waals surface area contributed by atoms with Gasteiger partial charge in [-0.2, -0.15) is 8.61 Å². The van der Waals surface area contributed by atoms with E-state index in [9.17, 15) is 21.6 Å². The molecule has 0 aliphatic carbocycles. The molecule has 2 aliphatic heterocycles. The first-order valence-electron chi connectivity index (χ1n) is 10.8. The van der Waals surface area contributed by atoms with Crippen molar-refractivity contribution in [3.05, 3.63) is 35.7 Å². The van der Waals surface area contributed by atoms with Crippen LogP contribution in [0.4, 0.5) is 5.69 Å². The molecule has 0 unspecified atom stereocenters. The molecular weight excluding hydrogens is 502 g/mol. The SMILES string of the molecule is COc1ccc(NC(=O)[C@H]2CCCN(S(=O)(=O)c3cccs3)C2)cc1S(=O)(=O)N1CCOCC1. The fourth-order valence-electron chi connectivity index (χ4n) is 4.04. The Morgan fingerprint density at radius 1 is 1.09 bits per heavy atom. The Labute approximate surface area is 203 Å². The van der Waals surface area contributed by atoms with E-state index < -0.39 is 26.0 Å². The van der Waals surface area contributed by atoms with Gasteiger partial charge in [-0.1, -0.05) is 6.07 Å². The smallest absolute Gasteiger partial charge is 0.252 e. The number of nitrogens with one attached hydrogen (secondary N) is 1. The fourth-order valence-corrected chi connectivity index (χ4v) is 8.30. The number of benzene rings is 1. The van der Waals surface area contributed by atoms with Crippen molar-refractivity contribution >= 4 is 43.0 Å². The quantitative estimate of drug-likeness (QED) is 0.580. The maximum absolute atomic E-state index is 13.2. The highest BCUT2D eigenvalue weighted by Gasteiger charge is 2.34. The third-order valence-corrected chi connectivity index (χ3v) is 11.0. The highest BCUT2D eigenvalue weighted by Crippen LogP contribution is 2.31. The first kappa shape index (κ1) is 25.1. The molecule has 1 N–H and O–H groups in total. The zero-order valence-corrected chi connectivity index (χ0v) is 21.1. The summed E-state index contributed by atoms with van der Waals surface area (Å²) in [4.78, 5) is 13.0. The van der Waals surface area contributed by atoms with Gasteiger partial charge in [-0.15, -0.1) is 11.3 Å². The summed E-state index contributed by atoms with van der Waals surface area (Å²) < 4.78 is 65.5. The van der Waals surface area contributed by atoms with E-state index in [0.29, 0.717) is 38.3 Å². The summed E-state index contributed by atoms with van der Waals surface area (Å²) in [6.45, 7) is 1.52. The molecule has 0 spiro atoms. The number of thiophene rings is 1. The Hall–Kier alpha value is -2.03. The summed E-state index contributed by atoms with van der Waals surface area (Å²) in [6, 6.07) is 7.68. The molecule has 2 saturated heterocycles. The summed E-state index contributed by atoms with van der Waals surface area (Å²) in [6.07, 6.45) is 1.10. The molecule has 2 aliphatic rings. The predicted octanol–water partition coefficient (Wildman–Crippen LogP) is 1.82. The molecule has 2 aromatic rings. The van der Waals surface area contributed by atoms with Crippen LogP contribution in [0.3, 0.4) is 0 Å². The molecule has 0 bridgehead atoms. The van der Waals surface area contributed by atoms with Gasteiger partial charge in [0.1, 0.15) is 14.9 Å². The number of amides is 1. The topological polar surface area (TPSA) is 122 Å². The Kier molecular flexibility index (Phi) is 7.60. The minimum Gasteiger partial charge on any atom is -0.495 e. The average Bonchev–Trinajstić information content (AvgIpc) is 3.41. The largest absolute Gasteiger partial charge is 0.495 e. The number of anilines is 1. The van der Waals surface area contributed by atoms with Crippen molar-refractivity contribution in [2.45, 2.75) is 21.9 Å². The van der Waals surface area contributed by atoms with Crippen LogP contribution in [0.5, 0.6) is 5.75 Å². The van der Waals surface area contributed by atoms with E-state index in [1.54, 1.807) is 23.6 Å². The lowest BCUT2D eigenvalue weighted by Gasteiger charge is -2.31. The molecule has 1 aromatic carbocycles. The summed E-state index contributed by atoms with van der Waals surface area (Å²) in [5.74, 6) is -0.730. The normalized spacial score (nSPS) is 20.7. The van der Waals surface area contributed by atoms with Gasteiger partial charge in [0.15, 0.2) is 0 Å². The number of nitrogens with zero attached hydrogens (tertiary/aromatic N) is 2. The van der Waals surface area contributed by atoms with Gasteiger partial charge >= 0.3 is 0 Å². The third-order valence-electron chi connectivity index (χ3n) is 5.86. The molecule has 10 nitrogen and oxygen atoms in total. The highest BCUT2D eigenvalue weighted by atomic mass is 32.2. The van der Waals surface area contributed by atoms with Crippen molar-refractivity contribution in [1.29, 1.82) is 0 Å². The lowest BCUT2D eigenvalue weighted by molar-refractivity contribution is -0.120. The second-order valence-electron chi connectivity index (χ2n) is 8.01. The van der Waals surface area contributed by atoms with E-state index in [1.807, 2.05) is 0 Å². The second-order valence-corrected chi connectivity index (χ2v) is 13.0. The number of methoxy groups -OCH3 is 1. The van der Waals surface area contributed by atoms with Crippen molar-refractivity contribution in [2.24, 2.45) is 5.92 Å². The molecule has 0 saturated carbocycles. The van der Waals surface area contributed by atoms with Gasteiger partial charge in [-0.3, -0.25) is 4.79 Å². The number of ether oxygens (including phenoxy) is 2. The number of morpholine rings is 1. The van der Waals surface area contributed by atoms with Gasteiger partial charge in [0, 0.05) is 31.9 Å². The summed E-state index contributed by atoms with van der Waals surface area (Å²) in [7, 11) is -6.11. The highest BCUT2D eigenvalue weighted by molar-refractivity contribution is 7.91. The van der Waals surface area contributed by atoms with E-state index in [1.165, 1.54) is 27.9 Å². The van der Waals surface area contributed by atoms with E-state index in [4.69, 9.17) is 9.47 Å². The first-order chi connectivity index (χ1) is 16.2. The fraction of sp³-hybridized carbons (Fsp3) is 0.476. The minimum absolute atomic E-state index is 0.0414. The lowest BCUT2D eigenvalue weighted by Crippen LogP contribution is -2.43. The molecule has 0 radical (unpaired) electrons. The van der Waals surface area contributed by atoms with Crippen LogP contribution in [0.1, 0.15) is 12.8 Å². The van der Waals surface area contributed by atoms with E-state index >= 15 is 0 Å². The van der Waals surface area contributed by atoms with Gasteiger partial charge < -0.3 is 14.8 Å². The Balaban J connectivity index is 1.51. The van der Waals surface area contributed by atoms with Crippen LogP contribution in [0, 0.1) is 5.92 Å². The number of carbonyl (C=O) groups excluding carboxylic acids is 1. The first-order valence-corrected chi connectivity index (χ1v) is 14.6. The van der Waals surface area contributed by atoms with Gasteiger partial charge in [0.05, 0.1) is 26.2 Å². The molecule has 1 aromatic heterocycles. The van der Waals surface area contributed by atoms with Crippen LogP contribution in [0.25, 0.3) is 0 Å². The molecule has 34 heavy (non-hydrogen) atoms. The molecule has 186 valence electrons. The number of hydrogen-bond donors (Lipinski definition) is 1. The van der Waals surface area contributed by atoms with Crippen LogP contribution < -0.4 is 10.1 Å². The van der Waals surface area contributed by atoms with Crippen LogP contribution in [0.15, 0.2) is 44.8 Å². The van der Waals surface area contributed by atoms with Gasteiger partial charge in [-0.25, -0.2) is 16.8 Å². The van der Waals surface area contributed by atoms with Crippen LogP contribution in [0.2, 0.25) is 0 Å². The monoisotopic (exact) mass is 529 g/mol. The molecule has 4 rings (SSSR count). The van der Waals surface area contributed by atoms with Gasteiger partial charge in [0.25, 0.3) is 10.0 Å².